The van der Waals surface area contributed by atoms with Crippen molar-refractivity contribution in [3.05, 3.63) is 34.9 Å². The fourth-order valence-corrected chi connectivity index (χ4v) is 1.45. The second kappa shape index (κ2) is 4.66. The summed E-state index contributed by atoms with van der Waals surface area (Å²) in [5.74, 6) is 0. The van der Waals surface area contributed by atoms with Gasteiger partial charge >= 0.3 is 6.18 Å². The van der Waals surface area contributed by atoms with Gasteiger partial charge in [-0.1, -0.05) is 19.4 Å². The SMILES string of the molecule is CCCc1cc(CO)cc(C(F)(F)F)c1. The number of benzene rings is 1. The molecule has 15 heavy (non-hydrogen) atoms. The molecule has 0 spiro atoms. The van der Waals surface area contributed by atoms with Crippen LogP contribution in [0.1, 0.15) is 30.0 Å². The predicted octanol–water partition coefficient (Wildman–Crippen LogP) is 3.15. The molecule has 0 aliphatic carbocycles. The lowest BCUT2D eigenvalue weighted by Gasteiger charge is -2.10. The summed E-state index contributed by atoms with van der Waals surface area (Å²) in [5, 5.41) is 8.85. The lowest BCUT2D eigenvalue weighted by molar-refractivity contribution is -0.137. The van der Waals surface area contributed by atoms with Gasteiger partial charge in [-0.2, -0.15) is 13.2 Å². The van der Waals surface area contributed by atoms with Gasteiger partial charge in [-0.3, -0.25) is 0 Å². The second-order valence-electron chi connectivity index (χ2n) is 3.44. The number of hydrogen-bond donors (Lipinski definition) is 1. The van der Waals surface area contributed by atoms with E-state index in [2.05, 4.69) is 0 Å². The predicted molar refractivity (Wildman–Crippen MR) is 51.4 cm³/mol. The minimum atomic E-state index is -4.34. The Labute approximate surface area is 86.5 Å². The fourth-order valence-electron chi connectivity index (χ4n) is 1.45. The molecule has 0 atom stereocenters. The molecular weight excluding hydrogens is 205 g/mol. The topological polar surface area (TPSA) is 20.2 Å². The lowest BCUT2D eigenvalue weighted by atomic mass is 10.0. The molecule has 1 aromatic carbocycles. The van der Waals surface area contributed by atoms with Crippen LogP contribution in [0.3, 0.4) is 0 Å². The largest absolute Gasteiger partial charge is 0.416 e. The van der Waals surface area contributed by atoms with Crippen molar-refractivity contribution in [3.8, 4) is 0 Å². The van der Waals surface area contributed by atoms with Crippen LogP contribution in [0.15, 0.2) is 18.2 Å². The molecule has 0 heterocycles. The molecule has 0 aromatic heterocycles. The van der Waals surface area contributed by atoms with E-state index < -0.39 is 11.7 Å². The zero-order valence-electron chi connectivity index (χ0n) is 8.43. The summed E-state index contributed by atoms with van der Waals surface area (Å²) >= 11 is 0. The van der Waals surface area contributed by atoms with Gasteiger partial charge in [-0.15, -0.1) is 0 Å². The van der Waals surface area contributed by atoms with Crippen molar-refractivity contribution in [1.29, 1.82) is 0 Å². The standard InChI is InChI=1S/C11H13F3O/c1-2-3-8-4-9(7-15)6-10(5-8)11(12,13)14/h4-6,15H,2-3,7H2,1H3. The third-order valence-corrected chi connectivity index (χ3v) is 2.10. The van der Waals surface area contributed by atoms with Crippen molar-refractivity contribution in [2.24, 2.45) is 0 Å². The minimum absolute atomic E-state index is 0.313. The Bertz CT molecular complexity index is 331. The van der Waals surface area contributed by atoms with Gasteiger partial charge in [0.25, 0.3) is 0 Å². The van der Waals surface area contributed by atoms with Crippen LogP contribution < -0.4 is 0 Å². The highest BCUT2D eigenvalue weighted by Crippen LogP contribution is 2.30. The third-order valence-electron chi connectivity index (χ3n) is 2.10. The first kappa shape index (κ1) is 12.0. The highest BCUT2D eigenvalue weighted by atomic mass is 19.4. The fraction of sp³-hybridized carbons (Fsp3) is 0.455. The quantitative estimate of drug-likeness (QED) is 0.826. The lowest BCUT2D eigenvalue weighted by Crippen LogP contribution is -2.07. The highest BCUT2D eigenvalue weighted by molar-refractivity contribution is 5.31. The van der Waals surface area contributed by atoms with Gasteiger partial charge in [0.1, 0.15) is 0 Å². The van der Waals surface area contributed by atoms with Gasteiger partial charge < -0.3 is 5.11 Å². The van der Waals surface area contributed by atoms with Crippen LogP contribution in [0.5, 0.6) is 0 Å². The number of halogens is 3. The molecule has 0 aliphatic rings. The molecule has 1 aromatic rings. The van der Waals surface area contributed by atoms with Gasteiger partial charge in [0.05, 0.1) is 12.2 Å². The second-order valence-corrected chi connectivity index (χ2v) is 3.44. The normalized spacial score (nSPS) is 11.8. The van der Waals surface area contributed by atoms with Crippen LogP contribution in [0.2, 0.25) is 0 Å². The summed E-state index contributed by atoms with van der Waals surface area (Å²) in [5.41, 5.74) is 0.252. The summed E-state index contributed by atoms with van der Waals surface area (Å²) in [7, 11) is 0. The number of rotatable bonds is 3. The Morgan fingerprint density at radius 3 is 2.20 bits per heavy atom. The molecule has 84 valence electrons. The molecule has 0 aliphatic heterocycles. The number of hydrogen-bond acceptors (Lipinski definition) is 1. The van der Waals surface area contributed by atoms with Crippen LogP contribution >= 0.6 is 0 Å². The average Bonchev–Trinajstić information content (AvgIpc) is 2.16. The first-order valence-corrected chi connectivity index (χ1v) is 4.78. The summed E-state index contributed by atoms with van der Waals surface area (Å²) in [6.07, 6.45) is -2.96. The molecule has 0 saturated carbocycles. The molecule has 4 heteroatoms. The molecule has 0 bridgehead atoms. The molecule has 1 nitrogen and oxygen atoms in total. The molecule has 0 radical (unpaired) electrons. The van der Waals surface area contributed by atoms with Crippen molar-refractivity contribution in [2.75, 3.05) is 0 Å². The Balaban J connectivity index is 3.11. The molecule has 1 rings (SSSR count). The maximum atomic E-state index is 12.4. The first-order chi connectivity index (χ1) is 6.97. The van der Waals surface area contributed by atoms with Crippen LogP contribution in [0.4, 0.5) is 13.2 Å². The zero-order valence-corrected chi connectivity index (χ0v) is 8.43. The summed E-state index contributed by atoms with van der Waals surface area (Å²) < 4.78 is 37.3. The average molecular weight is 218 g/mol. The first-order valence-electron chi connectivity index (χ1n) is 4.78. The Hall–Kier alpha value is -1.03. The van der Waals surface area contributed by atoms with Crippen molar-refractivity contribution in [1.82, 2.24) is 0 Å². The van der Waals surface area contributed by atoms with E-state index in [9.17, 15) is 13.2 Å². The van der Waals surface area contributed by atoms with E-state index in [-0.39, 0.29) is 6.61 Å². The van der Waals surface area contributed by atoms with E-state index in [1.165, 1.54) is 0 Å². The monoisotopic (exact) mass is 218 g/mol. The highest BCUT2D eigenvalue weighted by Gasteiger charge is 2.30. The van der Waals surface area contributed by atoms with E-state index in [1.54, 1.807) is 6.07 Å². The Morgan fingerprint density at radius 2 is 1.73 bits per heavy atom. The zero-order chi connectivity index (χ0) is 11.5. The van der Waals surface area contributed by atoms with E-state index >= 15 is 0 Å². The maximum absolute atomic E-state index is 12.4. The summed E-state index contributed by atoms with van der Waals surface area (Å²) in [6.45, 7) is 1.54. The Kier molecular flexibility index (Phi) is 3.74. The van der Waals surface area contributed by atoms with E-state index in [0.717, 1.165) is 18.6 Å². The van der Waals surface area contributed by atoms with Gasteiger partial charge in [0.2, 0.25) is 0 Å². The molecule has 0 fully saturated rings. The number of aliphatic hydroxyl groups is 1. The van der Waals surface area contributed by atoms with E-state index in [1.807, 2.05) is 6.92 Å². The number of aryl methyl sites for hydroxylation is 1. The number of aliphatic hydroxyl groups excluding tert-OH is 1. The minimum Gasteiger partial charge on any atom is -0.392 e. The van der Waals surface area contributed by atoms with Gasteiger partial charge in [-0.05, 0) is 29.7 Å². The molecule has 0 unspecified atom stereocenters. The van der Waals surface area contributed by atoms with Crippen LogP contribution in [-0.4, -0.2) is 5.11 Å². The van der Waals surface area contributed by atoms with Crippen molar-refractivity contribution in [2.45, 2.75) is 32.5 Å². The molecular formula is C11H13F3O. The van der Waals surface area contributed by atoms with Gasteiger partial charge in [0.15, 0.2) is 0 Å². The van der Waals surface area contributed by atoms with Crippen LogP contribution in [0, 0.1) is 0 Å². The van der Waals surface area contributed by atoms with E-state index in [0.29, 0.717) is 17.5 Å². The molecule has 0 saturated heterocycles. The molecule has 1 N–H and O–H groups in total. The van der Waals surface area contributed by atoms with Crippen LogP contribution in [0.25, 0.3) is 0 Å². The summed E-state index contributed by atoms with van der Waals surface area (Å²) in [4.78, 5) is 0. The van der Waals surface area contributed by atoms with Crippen molar-refractivity contribution < 1.29 is 18.3 Å². The number of alkyl halides is 3. The van der Waals surface area contributed by atoms with E-state index in [4.69, 9.17) is 5.11 Å². The van der Waals surface area contributed by atoms with Crippen molar-refractivity contribution in [3.63, 3.8) is 0 Å². The Morgan fingerprint density at radius 1 is 1.13 bits per heavy atom. The summed E-state index contributed by atoms with van der Waals surface area (Å²) in [6, 6.07) is 3.74. The molecule has 0 amide bonds. The van der Waals surface area contributed by atoms with Gasteiger partial charge in [0, 0.05) is 0 Å². The third kappa shape index (κ3) is 3.23. The van der Waals surface area contributed by atoms with Crippen molar-refractivity contribution >= 4 is 0 Å². The maximum Gasteiger partial charge on any atom is 0.416 e. The van der Waals surface area contributed by atoms with Crippen LogP contribution in [-0.2, 0) is 19.2 Å². The van der Waals surface area contributed by atoms with Gasteiger partial charge in [-0.25, -0.2) is 0 Å². The smallest absolute Gasteiger partial charge is 0.392 e.